The molecule has 1 saturated heterocycles. The molecule has 0 saturated carbocycles. The largest absolute Gasteiger partial charge is 0.344 e. The van der Waals surface area contributed by atoms with Crippen LogP contribution < -0.4 is 5.32 Å². The Balaban J connectivity index is 1.93. The van der Waals surface area contributed by atoms with E-state index in [1.165, 1.54) is 36.2 Å². The van der Waals surface area contributed by atoms with Crippen LogP contribution in [0.1, 0.15) is 17.0 Å². The van der Waals surface area contributed by atoms with Crippen LogP contribution >= 0.6 is 0 Å². The normalized spacial score (nSPS) is 19.7. The number of likely N-dealkylation sites (tertiary alicyclic amines) is 1. The monoisotopic (exact) mass is 362 g/mol. The number of nitrogens with one attached hydrogen (secondary N) is 1. The SMILES string of the molecule is Cc1cc(F)cc(C2CN(C)C(=O)C2C(=O)Nc2cccc(F)c2F)c1. The highest BCUT2D eigenvalue weighted by molar-refractivity contribution is 6.08. The van der Waals surface area contributed by atoms with Crippen molar-refractivity contribution in [2.24, 2.45) is 5.92 Å². The van der Waals surface area contributed by atoms with Gasteiger partial charge in [0.1, 0.15) is 11.7 Å². The van der Waals surface area contributed by atoms with E-state index < -0.39 is 41.1 Å². The Kier molecular flexibility index (Phi) is 4.71. The van der Waals surface area contributed by atoms with Crippen molar-refractivity contribution in [1.82, 2.24) is 4.90 Å². The number of rotatable bonds is 3. The summed E-state index contributed by atoms with van der Waals surface area (Å²) >= 11 is 0. The van der Waals surface area contributed by atoms with Gasteiger partial charge in [0, 0.05) is 19.5 Å². The summed E-state index contributed by atoms with van der Waals surface area (Å²) in [6, 6.07) is 7.74. The highest BCUT2D eigenvalue weighted by Gasteiger charge is 2.44. The minimum Gasteiger partial charge on any atom is -0.344 e. The lowest BCUT2D eigenvalue weighted by molar-refractivity contribution is -0.135. The Bertz CT molecular complexity index is 865. The summed E-state index contributed by atoms with van der Waals surface area (Å²) in [5.74, 6) is -5.70. The van der Waals surface area contributed by atoms with Crippen LogP contribution in [0.2, 0.25) is 0 Å². The van der Waals surface area contributed by atoms with Crippen molar-refractivity contribution in [2.75, 3.05) is 18.9 Å². The van der Waals surface area contributed by atoms with E-state index in [4.69, 9.17) is 0 Å². The molecule has 1 aliphatic rings. The maximum atomic E-state index is 13.8. The molecule has 3 rings (SSSR count). The topological polar surface area (TPSA) is 49.4 Å². The molecule has 2 aromatic rings. The molecule has 4 nitrogen and oxygen atoms in total. The number of anilines is 1. The molecular weight excluding hydrogens is 345 g/mol. The van der Waals surface area contributed by atoms with Crippen molar-refractivity contribution in [3.63, 3.8) is 0 Å². The van der Waals surface area contributed by atoms with E-state index in [1.54, 1.807) is 13.0 Å². The first kappa shape index (κ1) is 18.0. The van der Waals surface area contributed by atoms with E-state index >= 15 is 0 Å². The standard InChI is InChI=1S/C19H17F3N2O2/c1-10-6-11(8-12(20)7-10)13-9-24(2)19(26)16(13)18(25)23-15-5-3-4-14(21)17(15)22/h3-8,13,16H,9H2,1-2H3,(H,23,25). The van der Waals surface area contributed by atoms with Crippen molar-refractivity contribution in [3.05, 3.63) is 65.0 Å². The molecule has 0 aromatic heterocycles. The second kappa shape index (κ2) is 6.82. The molecule has 2 amide bonds. The maximum Gasteiger partial charge on any atom is 0.237 e. The molecule has 0 bridgehead atoms. The first-order chi connectivity index (χ1) is 12.3. The van der Waals surface area contributed by atoms with Gasteiger partial charge in [-0.15, -0.1) is 0 Å². The van der Waals surface area contributed by atoms with Gasteiger partial charge < -0.3 is 10.2 Å². The van der Waals surface area contributed by atoms with Gasteiger partial charge in [-0.2, -0.15) is 0 Å². The Morgan fingerprint density at radius 3 is 2.62 bits per heavy atom. The second-order valence-corrected chi connectivity index (χ2v) is 6.46. The van der Waals surface area contributed by atoms with E-state index in [2.05, 4.69) is 5.32 Å². The molecule has 1 fully saturated rings. The zero-order valence-electron chi connectivity index (χ0n) is 14.2. The second-order valence-electron chi connectivity index (χ2n) is 6.46. The zero-order chi connectivity index (χ0) is 19.0. The summed E-state index contributed by atoms with van der Waals surface area (Å²) in [5.41, 5.74) is 0.837. The molecule has 0 aliphatic carbocycles. The molecule has 2 unspecified atom stereocenters. The van der Waals surface area contributed by atoms with Crippen LogP contribution in [0.3, 0.4) is 0 Å². The summed E-state index contributed by atoms with van der Waals surface area (Å²) in [5, 5.41) is 2.28. The number of amides is 2. The third kappa shape index (κ3) is 3.29. The fraction of sp³-hybridized carbons (Fsp3) is 0.263. The number of likely N-dealkylation sites (N-methyl/N-ethyl adjacent to an activating group) is 1. The number of hydrogen-bond acceptors (Lipinski definition) is 2. The molecular formula is C19H17F3N2O2. The summed E-state index contributed by atoms with van der Waals surface area (Å²) < 4.78 is 40.9. The van der Waals surface area contributed by atoms with Crippen LogP contribution in [0.5, 0.6) is 0 Å². The third-order valence-corrected chi connectivity index (χ3v) is 4.50. The molecule has 1 N–H and O–H groups in total. The van der Waals surface area contributed by atoms with Crippen molar-refractivity contribution >= 4 is 17.5 Å². The van der Waals surface area contributed by atoms with Gasteiger partial charge in [-0.3, -0.25) is 9.59 Å². The molecule has 0 radical (unpaired) electrons. The average molecular weight is 362 g/mol. The van der Waals surface area contributed by atoms with Crippen molar-refractivity contribution in [2.45, 2.75) is 12.8 Å². The minimum atomic E-state index is -1.20. The summed E-state index contributed by atoms with van der Waals surface area (Å²) in [6.07, 6.45) is 0. The number of benzene rings is 2. The molecule has 2 atom stereocenters. The highest BCUT2D eigenvalue weighted by Crippen LogP contribution is 2.35. The Hall–Kier alpha value is -2.83. The first-order valence-electron chi connectivity index (χ1n) is 8.05. The maximum absolute atomic E-state index is 13.8. The number of nitrogens with zero attached hydrogens (tertiary/aromatic N) is 1. The van der Waals surface area contributed by atoms with E-state index in [1.807, 2.05) is 0 Å². The fourth-order valence-electron chi connectivity index (χ4n) is 3.28. The number of carbonyl (C=O) groups excluding carboxylic acids is 2. The van der Waals surface area contributed by atoms with Gasteiger partial charge in [-0.25, -0.2) is 13.2 Å². The molecule has 26 heavy (non-hydrogen) atoms. The lowest BCUT2D eigenvalue weighted by atomic mass is 9.87. The predicted octanol–water partition coefficient (Wildman–Crippen LogP) is 3.22. The van der Waals surface area contributed by atoms with Gasteiger partial charge in [0.05, 0.1) is 5.69 Å². The number of aryl methyl sites for hydroxylation is 1. The van der Waals surface area contributed by atoms with Crippen LogP contribution in [-0.2, 0) is 9.59 Å². The number of carbonyl (C=O) groups is 2. The zero-order valence-corrected chi connectivity index (χ0v) is 14.2. The van der Waals surface area contributed by atoms with Crippen molar-refractivity contribution < 1.29 is 22.8 Å². The van der Waals surface area contributed by atoms with Gasteiger partial charge in [0.25, 0.3) is 0 Å². The van der Waals surface area contributed by atoms with Crippen LogP contribution in [0, 0.1) is 30.3 Å². The van der Waals surface area contributed by atoms with Gasteiger partial charge in [-0.1, -0.05) is 12.1 Å². The Morgan fingerprint density at radius 2 is 1.92 bits per heavy atom. The van der Waals surface area contributed by atoms with Gasteiger partial charge in [-0.05, 0) is 42.3 Å². The lowest BCUT2D eigenvalue weighted by Crippen LogP contribution is -2.33. The molecule has 1 aliphatic heterocycles. The van der Waals surface area contributed by atoms with Crippen molar-refractivity contribution in [3.8, 4) is 0 Å². The summed E-state index contributed by atoms with van der Waals surface area (Å²) in [7, 11) is 1.54. The molecule has 1 heterocycles. The van der Waals surface area contributed by atoms with Crippen LogP contribution in [0.15, 0.2) is 36.4 Å². The van der Waals surface area contributed by atoms with Gasteiger partial charge >= 0.3 is 0 Å². The Morgan fingerprint density at radius 1 is 1.19 bits per heavy atom. The molecule has 136 valence electrons. The van der Waals surface area contributed by atoms with E-state index in [0.29, 0.717) is 11.1 Å². The van der Waals surface area contributed by atoms with E-state index in [0.717, 1.165) is 6.07 Å². The fourth-order valence-corrected chi connectivity index (χ4v) is 3.28. The molecule has 0 spiro atoms. The van der Waals surface area contributed by atoms with E-state index in [-0.39, 0.29) is 12.2 Å². The molecule has 7 heteroatoms. The Labute approximate surface area is 148 Å². The van der Waals surface area contributed by atoms with Gasteiger partial charge in [0.15, 0.2) is 11.6 Å². The lowest BCUT2D eigenvalue weighted by Gasteiger charge is -2.18. The quantitative estimate of drug-likeness (QED) is 0.853. The predicted molar refractivity (Wildman–Crippen MR) is 90.0 cm³/mol. The van der Waals surface area contributed by atoms with Crippen molar-refractivity contribution in [1.29, 1.82) is 0 Å². The first-order valence-corrected chi connectivity index (χ1v) is 8.05. The van der Waals surface area contributed by atoms with Crippen LogP contribution in [0.25, 0.3) is 0 Å². The smallest absolute Gasteiger partial charge is 0.237 e. The highest BCUT2D eigenvalue weighted by atomic mass is 19.2. The minimum absolute atomic E-state index is 0.228. The van der Waals surface area contributed by atoms with Gasteiger partial charge in [0.2, 0.25) is 11.8 Å². The van der Waals surface area contributed by atoms with E-state index in [9.17, 15) is 22.8 Å². The van der Waals surface area contributed by atoms with Crippen LogP contribution in [-0.4, -0.2) is 30.3 Å². The summed E-state index contributed by atoms with van der Waals surface area (Å²) in [6.45, 7) is 1.94. The van der Waals surface area contributed by atoms with Crippen LogP contribution in [0.4, 0.5) is 18.9 Å². The number of halogens is 3. The molecule has 2 aromatic carbocycles. The number of hydrogen-bond donors (Lipinski definition) is 1. The third-order valence-electron chi connectivity index (χ3n) is 4.50. The average Bonchev–Trinajstić information content (AvgIpc) is 2.86. The summed E-state index contributed by atoms with van der Waals surface area (Å²) in [4.78, 5) is 26.5.